The molecule has 2 aromatic rings. The van der Waals surface area contributed by atoms with E-state index in [-0.39, 0.29) is 12.2 Å². The van der Waals surface area contributed by atoms with Gasteiger partial charge in [0.15, 0.2) is 0 Å². The summed E-state index contributed by atoms with van der Waals surface area (Å²) < 4.78 is 11.6. The van der Waals surface area contributed by atoms with Crippen LogP contribution in [-0.4, -0.2) is 12.2 Å². The largest absolute Gasteiger partial charge is 0.491 e. The summed E-state index contributed by atoms with van der Waals surface area (Å²) in [4.78, 5) is 0. The lowest BCUT2D eigenvalue weighted by molar-refractivity contribution is 0.217. The van der Waals surface area contributed by atoms with Crippen molar-refractivity contribution in [3.63, 3.8) is 0 Å². The van der Waals surface area contributed by atoms with Crippen molar-refractivity contribution in [3.8, 4) is 11.5 Å². The van der Waals surface area contributed by atoms with Crippen molar-refractivity contribution in [2.24, 2.45) is 0 Å². The van der Waals surface area contributed by atoms with Crippen molar-refractivity contribution in [3.05, 3.63) is 54.1 Å². The molecule has 0 radical (unpaired) electrons. The van der Waals surface area contributed by atoms with Crippen molar-refractivity contribution in [2.75, 3.05) is 5.32 Å². The van der Waals surface area contributed by atoms with Gasteiger partial charge < -0.3 is 14.8 Å². The molecule has 0 saturated heterocycles. The fourth-order valence-corrected chi connectivity index (χ4v) is 2.17. The Bertz CT molecular complexity index is 537. The molecule has 1 N–H and O–H groups in total. The molecule has 0 fully saturated rings. The molecule has 2 unspecified atom stereocenters. The van der Waals surface area contributed by atoms with E-state index in [1.807, 2.05) is 24.3 Å². The van der Waals surface area contributed by atoms with Crippen molar-refractivity contribution < 1.29 is 9.47 Å². The van der Waals surface area contributed by atoms with Gasteiger partial charge in [-0.05, 0) is 68.7 Å². The van der Waals surface area contributed by atoms with Crippen molar-refractivity contribution >= 4 is 5.69 Å². The molecule has 0 spiro atoms. The van der Waals surface area contributed by atoms with Crippen LogP contribution in [0.2, 0.25) is 0 Å². The maximum absolute atomic E-state index is 5.80. The van der Waals surface area contributed by atoms with Crippen molar-refractivity contribution in [1.29, 1.82) is 0 Å². The summed E-state index contributed by atoms with van der Waals surface area (Å²) in [5, 5.41) is 3.43. The number of nitrogens with one attached hydrogen (secondary N) is 1. The molecule has 2 aromatic carbocycles. The number of anilines is 1. The Kier molecular flexibility index (Phi) is 6.98. The van der Waals surface area contributed by atoms with Gasteiger partial charge in [0, 0.05) is 12.2 Å². The zero-order valence-corrected chi connectivity index (χ0v) is 15.2. The molecular weight excluding hydrogens is 298 g/mol. The lowest BCUT2D eigenvalue weighted by atomic mass is 10.2. The van der Waals surface area contributed by atoms with Gasteiger partial charge in [0.2, 0.25) is 0 Å². The molecule has 0 aliphatic carbocycles. The van der Waals surface area contributed by atoms with Gasteiger partial charge in [0.05, 0.1) is 12.2 Å². The Morgan fingerprint density at radius 2 is 1.21 bits per heavy atom. The highest BCUT2D eigenvalue weighted by molar-refractivity contribution is 5.47. The average molecular weight is 327 g/mol. The van der Waals surface area contributed by atoms with Gasteiger partial charge in [-0.25, -0.2) is 0 Å². The van der Waals surface area contributed by atoms with Gasteiger partial charge in [-0.2, -0.15) is 0 Å². The van der Waals surface area contributed by atoms with E-state index in [1.165, 1.54) is 5.56 Å². The van der Waals surface area contributed by atoms with E-state index >= 15 is 0 Å². The van der Waals surface area contributed by atoms with Crippen LogP contribution in [-0.2, 0) is 6.54 Å². The summed E-state index contributed by atoms with van der Waals surface area (Å²) in [6.45, 7) is 9.21. The third-order valence-electron chi connectivity index (χ3n) is 4.10. The molecule has 130 valence electrons. The Morgan fingerprint density at radius 3 is 1.67 bits per heavy atom. The molecule has 0 aliphatic heterocycles. The van der Waals surface area contributed by atoms with Crippen LogP contribution in [0, 0.1) is 0 Å². The lowest BCUT2D eigenvalue weighted by Gasteiger charge is -2.14. The molecule has 3 nitrogen and oxygen atoms in total. The maximum Gasteiger partial charge on any atom is 0.119 e. The molecule has 2 atom stereocenters. The SMILES string of the molecule is CCC(C)Oc1ccc(CNc2ccc(OC(C)CC)cc2)cc1. The first-order chi connectivity index (χ1) is 11.6. The smallest absolute Gasteiger partial charge is 0.119 e. The Balaban J connectivity index is 1.84. The summed E-state index contributed by atoms with van der Waals surface area (Å²) in [7, 11) is 0. The predicted octanol–water partition coefficient (Wildman–Crippen LogP) is 5.65. The molecule has 24 heavy (non-hydrogen) atoms. The fourth-order valence-electron chi connectivity index (χ4n) is 2.17. The molecule has 0 bridgehead atoms. The van der Waals surface area contributed by atoms with Crippen molar-refractivity contribution in [2.45, 2.75) is 59.3 Å². The highest BCUT2D eigenvalue weighted by atomic mass is 16.5. The Labute approximate surface area is 146 Å². The molecule has 0 amide bonds. The van der Waals surface area contributed by atoms with Gasteiger partial charge in [-0.3, -0.25) is 0 Å². The maximum atomic E-state index is 5.80. The van der Waals surface area contributed by atoms with E-state index < -0.39 is 0 Å². The minimum Gasteiger partial charge on any atom is -0.491 e. The van der Waals surface area contributed by atoms with Gasteiger partial charge in [-0.15, -0.1) is 0 Å². The summed E-state index contributed by atoms with van der Waals surface area (Å²) in [6, 6.07) is 16.4. The normalized spacial score (nSPS) is 13.2. The number of ether oxygens (including phenoxy) is 2. The number of hydrogen-bond acceptors (Lipinski definition) is 3. The summed E-state index contributed by atoms with van der Waals surface area (Å²) in [5.41, 5.74) is 2.32. The molecule has 2 rings (SSSR count). The second-order valence-electron chi connectivity index (χ2n) is 6.20. The molecule has 0 aromatic heterocycles. The van der Waals surface area contributed by atoms with Crippen LogP contribution in [0.1, 0.15) is 46.1 Å². The average Bonchev–Trinajstić information content (AvgIpc) is 2.62. The van der Waals surface area contributed by atoms with Crippen LogP contribution in [0.3, 0.4) is 0 Å². The summed E-state index contributed by atoms with van der Waals surface area (Å²) in [5.74, 6) is 1.85. The molecule has 0 saturated carbocycles. The van der Waals surface area contributed by atoms with Crippen LogP contribution < -0.4 is 14.8 Å². The molecule has 0 aliphatic rings. The monoisotopic (exact) mass is 327 g/mol. The summed E-state index contributed by atoms with van der Waals surface area (Å²) in [6.07, 6.45) is 2.53. The zero-order valence-electron chi connectivity index (χ0n) is 15.2. The third-order valence-corrected chi connectivity index (χ3v) is 4.10. The second-order valence-corrected chi connectivity index (χ2v) is 6.20. The highest BCUT2D eigenvalue weighted by Crippen LogP contribution is 2.19. The van der Waals surface area contributed by atoms with Gasteiger partial charge in [0.1, 0.15) is 11.5 Å². The van der Waals surface area contributed by atoms with Crippen LogP contribution in [0.4, 0.5) is 5.69 Å². The molecule has 3 heteroatoms. The fraction of sp³-hybridized carbons (Fsp3) is 0.429. The van der Waals surface area contributed by atoms with E-state index in [9.17, 15) is 0 Å². The first-order valence-corrected chi connectivity index (χ1v) is 8.86. The van der Waals surface area contributed by atoms with E-state index in [4.69, 9.17) is 9.47 Å². The third kappa shape index (κ3) is 5.80. The van der Waals surface area contributed by atoms with Crippen LogP contribution in [0.15, 0.2) is 48.5 Å². The van der Waals surface area contributed by atoms with Crippen LogP contribution >= 0.6 is 0 Å². The van der Waals surface area contributed by atoms with E-state index in [0.717, 1.165) is 36.6 Å². The number of benzene rings is 2. The summed E-state index contributed by atoms with van der Waals surface area (Å²) >= 11 is 0. The standard InChI is InChI=1S/C21H29NO2/c1-5-16(3)23-20-11-7-18(8-12-20)15-22-19-9-13-21(14-10-19)24-17(4)6-2/h7-14,16-17,22H,5-6,15H2,1-4H3. The van der Waals surface area contributed by atoms with Gasteiger partial charge in [0.25, 0.3) is 0 Å². The molecular formula is C21H29NO2. The van der Waals surface area contributed by atoms with Gasteiger partial charge in [-0.1, -0.05) is 26.0 Å². The van der Waals surface area contributed by atoms with E-state index in [0.29, 0.717) is 0 Å². The minimum atomic E-state index is 0.250. The Morgan fingerprint density at radius 1 is 0.750 bits per heavy atom. The van der Waals surface area contributed by atoms with Gasteiger partial charge >= 0.3 is 0 Å². The van der Waals surface area contributed by atoms with Crippen molar-refractivity contribution in [1.82, 2.24) is 0 Å². The zero-order chi connectivity index (χ0) is 17.4. The van der Waals surface area contributed by atoms with E-state index in [2.05, 4.69) is 57.3 Å². The van der Waals surface area contributed by atoms with Crippen LogP contribution in [0.5, 0.6) is 11.5 Å². The quantitative estimate of drug-likeness (QED) is 0.645. The second kappa shape index (κ2) is 9.21. The van der Waals surface area contributed by atoms with E-state index in [1.54, 1.807) is 0 Å². The first-order valence-electron chi connectivity index (χ1n) is 8.86. The molecule has 0 heterocycles. The first kappa shape index (κ1) is 18.2. The minimum absolute atomic E-state index is 0.250. The lowest BCUT2D eigenvalue weighted by Crippen LogP contribution is -2.09. The van der Waals surface area contributed by atoms with Crippen LogP contribution in [0.25, 0.3) is 0 Å². The number of hydrogen-bond donors (Lipinski definition) is 1. The number of rotatable bonds is 9. The highest BCUT2D eigenvalue weighted by Gasteiger charge is 2.02. The topological polar surface area (TPSA) is 30.5 Å². The Hall–Kier alpha value is -2.16. The predicted molar refractivity (Wildman–Crippen MR) is 101 cm³/mol.